The van der Waals surface area contributed by atoms with Gasteiger partial charge < -0.3 is 19.4 Å². The van der Waals surface area contributed by atoms with Crippen LogP contribution in [0.15, 0.2) is 48.5 Å². The summed E-state index contributed by atoms with van der Waals surface area (Å²) in [5.41, 5.74) is 1.66. The summed E-state index contributed by atoms with van der Waals surface area (Å²) in [7, 11) is 1.57. The average Bonchev–Trinajstić information content (AvgIpc) is 3.15. The van der Waals surface area contributed by atoms with E-state index in [-0.39, 0.29) is 30.0 Å². The fraction of sp³-hybridized carbons (Fsp3) is 0.364. The molecule has 0 aromatic heterocycles. The SMILES string of the molecule is COc1ccccc1N1C[C@@H](C(=O)N2CCN(c3ccc(F)cc3)CC2)CC1=O. The number of para-hydroxylation sites is 2. The summed E-state index contributed by atoms with van der Waals surface area (Å²) in [6.45, 7) is 2.93. The van der Waals surface area contributed by atoms with Crippen LogP contribution in [-0.4, -0.2) is 56.5 Å². The maximum absolute atomic E-state index is 13.1. The molecule has 0 N–H and O–H groups in total. The Morgan fingerprint density at radius 3 is 2.41 bits per heavy atom. The monoisotopic (exact) mass is 397 g/mol. The largest absolute Gasteiger partial charge is 0.495 e. The molecule has 1 atom stereocenters. The summed E-state index contributed by atoms with van der Waals surface area (Å²) in [4.78, 5) is 31.2. The molecule has 7 heteroatoms. The smallest absolute Gasteiger partial charge is 0.228 e. The van der Waals surface area contributed by atoms with E-state index in [0.717, 1.165) is 5.69 Å². The molecular weight excluding hydrogens is 373 g/mol. The normalized spacial score (nSPS) is 19.6. The molecule has 6 nitrogen and oxygen atoms in total. The van der Waals surface area contributed by atoms with Crippen molar-refractivity contribution in [3.63, 3.8) is 0 Å². The van der Waals surface area contributed by atoms with Gasteiger partial charge in [-0.3, -0.25) is 9.59 Å². The van der Waals surface area contributed by atoms with Crippen LogP contribution < -0.4 is 14.5 Å². The average molecular weight is 397 g/mol. The van der Waals surface area contributed by atoms with Crippen LogP contribution in [0.5, 0.6) is 5.75 Å². The summed E-state index contributed by atoms with van der Waals surface area (Å²) in [5.74, 6) is -0.00740. The van der Waals surface area contributed by atoms with Gasteiger partial charge in [-0.25, -0.2) is 4.39 Å². The Kier molecular flexibility index (Phi) is 5.38. The lowest BCUT2D eigenvalue weighted by Crippen LogP contribution is -2.50. The van der Waals surface area contributed by atoms with Crippen LogP contribution in [-0.2, 0) is 9.59 Å². The first-order valence-electron chi connectivity index (χ1n) is 9.79. The van der Waals surface area contributed by atoms with E-state index in [9.17, 15) is 14.0 Å². The molecule has 4 rings (SSSR count). The number of nitrogens with zero attached hydrogens (tertiary/aromatic N) is 3. The number of halogens is 1. The van der Waals surface area contributed by atoms with Gasteiger partial charge >= 0.3 is 0 Å². The molecule has 2 aromatic carbocycles. The quantitative estimate of drug-likeness (QED) is 0.796. The van der Waals surface area contributed by atoms with Crippen LogP contribution in [0.3, 0.4) is 0 Å². The van der Waals surface area contributed by atoms with Gasteiger partial charge in [-0.15, -0.1) is 0 Å². The number of methoxy groups -OCH3 is 1. The molecule has 29 heavy (non-hydrogen) atoms. The van der Waals surface area contributed by atoms with Gasteiger partial charge in [0, 0.05) is 44.8 Å². The van der Waals surface area contributed by atoms with Crippen LogP contribution >= 0.6 is 0 Å². The fourth-order valence-electron chi connectivity index (χ4n) is 4.05. The Morgan fingerprint density at radius 1 is 1.03 bits per heavy atom. The van der Waals surface area contributed by atoms with Crippen LogP contribution in [0.4, 0.5) is 15.8 Å². The molecule has 2 heterocycles. The van der Waals surface area contributed by atoms with Crippen molar-refractivity contribution in [1.29, 1.82) is 0 Å². The maximum Gasteiger partial charge on any atom is 0.228 e. The number of amides is 2. The molecule has 0 radical (unpaired) electrons. The van der Waals surface area contributed by atoms with Crippen molar-refractivity contribution >= 4 is 23.2 Å². The molecule has 2 saturated heterocycles. The van der Waals surface area contributed by atoms with Gasteiger partial charge in [0.15, 0.2) is 0 Å². The number of hydrogen-bond donors (Lipinski definition) is 0. The van der Waals surface area contributed by atoms with Crippen LogP contribution in [0.25, 0.3) is 0 Å². The first-order chi connectivity index (χ1) is 14.1. The van der Waals surface area contributed by atoms with Gasteiger partial charge in [-0.1, -0.05) is 12.1 Å². The van der Waals surface area contributed by atoms with Crippen molar-refractivity contribution < 1.29 is 18.7 Å². The molecule has 2 fully saturated rings. The van der Waals surface area contributed by atoms with Crippen molar-refractivity contribution in [3.8, 4) is 5.75 Å². The Bertz CT molecular complexity index is 894. The number of carbonyl (C=O) groups is 2. The van der Waals surface area contributed by atoms with E-state index in [1.165, 1.54) is 12.1 Å². The van der Waals surface area contributed by atoms with Crippen molar-refractivity contribution in [1.82, 2.24) is 4.90 Å². The topological polar surface area (TPSA) is 53.1 Å². The summed E-state index contributed by atoms with van der Waals surface area (Å²) in [5, 5.41) is 0. The number of ether oxygens (including phenoxy) is 1. The molecule has 0 bridgehead atoms. The van der Waals surface area contributed by atoms with Gasteiger partial charge in [0.2, 0.25) is 11.8 Å². The molecule has 2 aromatic rings. The van der Waals surface area contributed by atoms with Crippen LogP contribution in [0, 0.1) is 11.7 Å². The Hall–Kier alpha value is -3.09. The number of carbonyl (C=O) groups excluding carboxylic acids is 2. The lowest BCUT2D eigenvalue weighted by molar-refractivity contribution is -0.136. The standard InChI is InChI=1S/C22H24FN3O3/c1-29-20-5-3-2-4-19(20)26-15-16(14-21(26)27)22(28)25-12-10-24(11-13-25)18-8-6-17(23)7-9-18/h2-9,16H,10-15H2,1H3/t16-/m0/s1. The molecule has 0 unspecified atom stereocenters. The third-order valence-corrected chi connectivity index (χ3v) is 5.63. The van der Waals surface area contributed by atoms with Gasteiger partial charge in [0.1, 0.15) is 11.6 Å². The predicted octanol–water partition coefficient (Wildman–Crippen LogP) is 2.54. The number of benzene rings is 2. The molecular formula is C22H24FN3O3. The highest BCUT2D eigenvalue weighted by atomic mass is 19.1. The van der Waals surface area contributed by atoms with Crippen molar-refractivity contribution in [2.24, 2.45) is 5.92 Å². The second-order valence-corrected chi connectivity index (χ2v) is 7.37. The molecule has 2 amide bonds. The Balaban J connectivity index is 1.38. The van der Waals surface area contributed by atoms with Gasteiger partial charge in [-0.2, -0.15) is 0 Å². The minimum atomic E-state index is -0.343. The minimum Gasteiger partial charge on any atom is -0.495 e. The number of rotatable bonds is 4. The van der Waals surface area contributed by atoms with Gasteiger partial charge in [-0.05, 0) is 36.4 Å². The fourth-order valence-corrected chi connectivity index (χ4v) is 4.05. The van der Waals surface area contributed by atoms with E-state index in [1.54, 1.807) is 24.1 Å². The highest BCUT2D eigenvalue weighted by Crippen LogP contribution is 2.33. The second-order valence-electron chi connectivity index (χ2n) is 7.37. The van der Waals surface area contributed by atoms with Crippen molar-refractivity contribution in [2.45, 2.75) is 6.42 Å². The summed E-state index contributed by atoms with van der Waals surface area (Å²) < 4.78 is 18.5. The highest BCUT2D eigenvalue weighted by molar-refractivity contribution is 6.01. The number of anilines is 2. The molecule has 0 saturated carbocycles. The molecule has 0 aliphatic carbocycles. The van der Waals surface area contributed by atoms with E-state index in [4.69, 9.17) is 4.74 Å². The van der Waals surface area contributed by atoms with E-state index in [1.807, 2.05) is 29.2 Å². The summed E-state index contributed by atoms with van der Waals surface area (Å²) in [6, 6.07) is 13.8. The van der Waals surface area contributed by atoms with Gasteiger partial charge in [0.25, 0.3) is 0 Å². The zero-order chi connectivity index (χ0) is 20.4. The minimum absolute atomic E-state index is 0.0227. The Morgan fingerprint density at radius 2 is 1.72 bits per heavy atom. The van der Waals surface area contributed by atoms with Crippen molar-refractivity contribution in [2.75, 3.05) is 49.6 Å². The molecule has 152 valence electrons. The third-order valence-electron chi connectivity index (χ3n) is 5.63. The molecule has 0 spiro atoms. The zero-order valence-corrected chi connectivity index (χ0v) is 16.4. The zero-order valence-electron chi connectivity index (χ0n) is 16.4. The van der Waals surface area contributed by atoms with E-state index < -0.39 is 0 Å². The highest BCUT2D eigenvalue weighted by Gasteiger charge is 2.38. The van der Waals surface area contributed by atoms with Crippen LogP contribution in [0.1, 0.15) is 6.42 Å². The Labute approximate surface area is 169 Å². The predicted molar refractivity (Wildman–Crippen MR) is 109 cm³/mol. The summed E-state index contributed by atoms with van der Waals surface area (Å²) in [6.07, 6.45) is 0.217. The number of piperazine rings is 1. The molecule has 2 aliphatic rings. The van der Waals surface area contributed by atoms with Crippen LogP contribution in [0.2, 0.25) is 0 Å². The lowest BCUT2D eigenvalue weighted by Gasteiger charge is -2.37. The van der Waals surface area contributed by atoms with Gasteiger partial charge in [0.05, 0.1) is 18.7 Å². The van der Waals surface area contributed by atoms with E-state index in [0.29, 0.717) is 44.2 Å². The first kappa shape index (κ1) is 19.2. The molecule has 2 aliphatic heterocycles. The second kappa shape index (κ2) is 8.11. The van der Waals surface area contributed by atoms with Crippen molar-refractivity contribution in [3.05, 3.63) is 54.3 Å². The summed E-state index contributed by atoms with van der Waals surface area (Å²) >= 11 is 0. The van der Waals surface area contributed by atoms with E-state index in [2.05, 4.69) is 4.90 Å². The van der Waals surface area contributed by atoms with E-state index >= 15 is 0 Å². The third kappa shape index (κ3) is 3.90. The maximum atomic E-state index is 13.1. The number of hydrogen-bond acceptors (Lipinski definition) is 4. The first-order valence-corrected chi connectivity index (χ1v) is 9.79. The lowest BCUT2D eigenvalue weighted by atomic mass is 10.1.